The molecular formula is C20H19N3O. The van der Waals surface area contributed by atoms with Crippen LogP contribution < -0.4 is 5.32 Å². The monoisotopic (exact) mass is 317 g/mol. The summed E-state index contributed by atoms with van der Waals surface area (Å²) in [5.74, 6) is -0.242. The van der Waals surface area contributed by atoms with E-state index in [1.54, 1.807) is 6.20 Å². The molecule has 0 aliphatic carbocycles. The van der Waals surface area contributed by atoms with Crippen molar-refractivity contribution in [2.75, 3.05) is 5.32 Å². The molecule has 0 spiro atoms. The fourth-order valence-corrected chi connectivity index (χ4v) is 2.62. The maximum absolute atomic E-state index is 11.5. The number of nitrogens with zero attached hydrogens (tertiary/aromatic N) is 2. The summed E-state index contributed by atoms with van der Waals surface area (Å²) in [7, 11) is 1.96. The standard InChI is InChI=1S/C20H19N3O/c1-3-19(24)22-17-12-18-16(14-23(2)20(18)21-13-17)11-7-10-15-8-5-4-6-9-15/h3-9,11-14H,1,10H2,2H3,(H,22,24). The summed E-state index contributed by atoms with van der Waals surface area (Å²) in [5.41, 5.74) is 3.89. The van der Waals surface area contributed by atoms with Crippen LogP contribution in [0.5, 0.6) is 0 Å². The first-order valence-electron chi connectivity index (χ1n) is 7.76. The molecule has 0 radical (unpaired) electrons. The highest BCUT2D eigenvalue weighted by Crippen LogP contribution is 2.23. The first-order valence-corrected chi connectivity index (χ1v) is 7.76. The Kier molecular flexibility index (Phi) is 4.57. The van der Waals surface area contributed by atoms with Gasteiger partial charge in [0.1, 0.15) is 5.65 Å². The maximum atomic E-state index is 11.5. The lowest BCUT2D eigenvalue weighted by Crippen LogP contribution is -2.07. The second-order valence-corrected chi connectivity index (χ2v) is 5.58. The predicted molar refractivity (Wildman–Crippen MR) is 98.7 cm³/mol. The minimum Gasteiger partial charge on any atom is -0.335 e. The van der Waals surface area contributed by atoms with E-state index in [-0.39, 0.29) is 5.91 Å². The Morgan fingerprint density at radius 3 is 2.88 bits per heavy atom. The molecule has 1 aromatic carbocycles. The van der Waals surface area contributed by atoms with Crippen LogP contribution in [0, 0.1) is 0 Å². The van der Waals surface area contributed by atoms with E-state index in [0.717, 1.165) is 23.0 Å². The summed E-state index contributed by atoms with van der Waals surface area (Å²) in [5, 5.41) is 3.75. The summed E-state index contributed by atoms with van der Waals surface area (Å²) in [6, 6.07) is 12.3. The van der Waals surface area contributed by atoms with Crippen molar-refractivity contribution < 1.29 is 4.79 Å². The van der Waals surface area contributed by atoms with Gasteiger partial charge in [0, 0.05) is 24.2 Å². The molecule has 0 atom stereocenters. The van der Waals surface area contributed by atoms with Crippen LogP contribution in [0.15, 0.2) is 67.5 Å². The fraction of sp³-hybridized carbons (Fsp3) is 0.100. The first-order chi connectivity index (χ1) is 11.7. The molecule has 0 saturated carbocycles. The summed E-state index contributed by atoms with van der Waals surface area (Å²) in [6.07, 6.45) is 10.0. The normalized spacial score (nSPS) is 11.0. The molecule has 1 amide bonds. The van der Waals surface area contributed by atoms with Gasteiger partial charge in [-0.3, -0.25) is 4.79 Å². The number of aromatic nitrogens is 2. The van der Waals surface area contributed by atoms with Crippen molar-refractivity contribution in [2.45, 2.75) is 6.42 Å². The lowest BCUT2D eigenvalue weighted by molar-refractivity contribution is -0.111. The molecule has 1 N–H and O–H groups in total. The van der Waals surface area contributed by atoms with Gasteiger partial charge in [-0.25, -0.2) is 4.98 Å². The molecule has 24 heavy (non-hydrogen) atoms. The average Bonchev–Trinajstić information content (AvgIpc) is 2.91. The van der Waals surface area contributed by atoms with E-state index in [1.807, 2.05) is 42.1 Å². The highest BCUT2D eigenvalue weighted by molar-refractivity contribution is 6.00. The maximum Gasteiger partial charge on any atom is 0.247 e. The number of amides is 1. The summed E-state index contributed by atoms with van der Waals surface area (Å²) in [4.78, 5) is 15.9. The minimum absolute atomic E-state index is 0.242. The predicted octanol–water partition coefficient (Wildman–Crippen LogP) is 3.95. The van der Waals surface area contributed by atoms with Crippen molar-refractivity contribution in [1.82, 2.24) is 9.55 Å². The molecule has 4 heteroatoms. The van der Waals surface area contributed by atoms with Crippen molar-refractivity contribution in [1.29, 1.82) is 0 Å². The molecule has 0 unspecified atom stereocenters. The Balaban J connectivity index is 1.88. The van der Waals surface area contributed by atoms with Crippen LogP contribution in [0.3, 0.4) is 0 Å². The molecule has 120 valence electrons. The molecule has 4 nitrogen and oxygen atoms in total. The first kappa shape index (κ1) is 15.7. The van der Waals surface area contributed by atoms with Crippen LogP contribution in [0.2, 0.25) is 0 Å². The topological polar surface area (TPSA) is 46.9 Å². The molecular weight excluding hydrogens is 298 g/mol. The zero-order chi connectivity index (χ0) is 16.9. The fourth-order valence-electron chi connectivity index (χ4n) is 2.62. The van der Waals surface area contributed by atoms with Crippen LogP contribution in [0.1, 0.15) is 11.1 Å². The second-order valence-electron chi connectivity index (χ2n) is 5.58. The largest absolute Gasteiger partial charge is 0.335 e. The zero-order valence-electron chi connectivity index (χ0n) is 13.6. The van der Waals surface area contributed by atoms with E-state index in [0.29, 0.717) is 5.69 Å². The Morgan fingerprint density at radius 1 is 1.33 bits per heavy atom. The van der Waals surface area contributed by atoms with Crippen LogP contribution in [0.25, 0.3) is 17.1 Å². The molecule has 3 aromatic rings. The number of benzene rings is 1. The van der Waals surface area contributed by atoms with Crippen molar-refractivity contribution >= 4 is 28.7 Å². The molecule has 0 aliphatic heterocycles. The number of allylic oxidation sites excluding steroid dienone is 1. The van der Waals surface area contributed by atoms with Gasteiger partial charge in [0.05, 0.1) is 11.9 Å². The van der Waals surface area contributed by atoms with E-state index in [4.69, 9.17) is 0 Å². The number of hydrogen-bond acceptors (Lipinski definition) is 2. The number of carbonyl (C=O) groups is 1. The molecule has 0 bridgehead atoms. The Morgan fingerprint density at radius 2 is 2.12 bits per heavy atom. The third kappa shape index (κ3) is 3.43. The summed E-state index contributed by atoms with van der Waals surface area (Å²) >= 11 is 0. The van der Waals surface area contributed by atoms with Gasteiger partial charge < -0.3 is 9.88 Å². The Hall–Kier alpha value is -3.14. The average molecular weight is 317 g/mol. The van der Waals surface area contributed by atoms with E-state index in [2.05, 4.69) is 41.2 Å². The number of anilines is 1. The highest BCUT2D eigenvalue weighted by Gasteiger charge is 2.07. The van der Waals surface area contributed by atoms with E-state index < -0.39 is 0 Å². The van der Waals surface area contributed by atoms with Crippen molar-refractivity contribution in [3.63, 3.8) is 0 Å². The van der Waals surface area contributed by atoms with Gasteiger partial charge in [0.15, 0.2) is 0 Å². The molecule has 0 aliphatic rings. The third-order valence-corrected chi connectivity index (χ3v) is 3.79. The number of pyridine rings is 1. The van der Waals surface area contributed by atoms with Gasteiger partial charge in [-0.1, -0.05) is 49.1 Å². The van der Waals surface area contributed by atoms with Crippen LogP contribution in [0.4, 0.5) is 5.69 Å². The molecule has 2 heterocycles. The highest BCUT2D eigenvalue weighted by atomic mass is 16.1. The van der Waals surface area contributed by atoms with Gasteiger partial charge in [-0.2, -0.15) is 0 Å². The number of nitrogens with one attached hydrogen (secondary N) is 1. The van der Waals surface area contributed by atoms with Crippen molar-refractivity contribution in [2.24, 2.45) is 7.05 Å². The molecule has 0 saturated heterocycles. The smallest absolute Gasteiger partial charge is 0.247 e. The zero-order valence-corrected chi connectivity index (χ0v) is 13.6. The summed E-state index contributed by atoms with van der Waals surface area (Å²) < 4.78 is 1.98. The third-order valence-electron chi connectivity index (χ3n) is 3.79. The van der Waals surface area contributed by atoms with Crippen LogP contribution >= 0.6 is 0 Å². The Bertz CT molecular complexity index is 907. The van der Waals surface area contributed by atoms with E-state index >= 15 is 0 Å². The molecule has 0 fully saturated rings. The number of rotatable bonds is 5. The molecule has 2 aromatic heterocycles. The van der Waals surface area contributed by atoms with Crippen molar-refractivity contribution in [3.8, 4) is 0 Å². The lowest BCUT2D eigenvalue weighted by Gasteiger charge is -2.02. The van der Waals surface area contributed by atoms with Crippen LogP contribution in [-0.4, -0.2) is 15.5 Å². The van der Waals surface area contributed by atoms with Gasteiger partial charge >= 0.3 is 0 Å². The van der Waals surface area contributed by atoms with E-state index in [9.17, 15) is 4.79 Å². The van der Waals surface area contributed by atoms with Crippen molar-refractivity contribution in [3.05, 3.63) is 78.6 Å². The van der Waals surface area contributed by atoms with Gasteiger partial charge in [-0.05, 0) is 24.1 Å². The van der Waals surface area contributed by atoms with Gasteiger partial charge in [-0.15, -0.1) is 0 Å². The van der Waals surface area contributed by atoms with Gasteiger partial charge in [0.2, 0.25) is 5.91 Å². The minimum atomic E-state index is -0.242. The number of hydrogen-bond donors (Lipinski definition) is 1. The Labute approximate surface area is 141 Å². The number of aryl methyl sites for hydroxylation is 1. The lowest BCUT2D eigenvalue weighted by atomic mass is 10.1. The molecule has 3 rings (SSSR count). The number of fused-ring (bicyclic) bond motifs is 1. The van der Waals surface area contributed by atoms with Crippen LogP contribution in [-0.2, 0) is 18.3 Å². The summed E-state index contributed by atoms with van der Waals surface area (Å²) in [6.45, 7) is 3.46. The SMILES string of the molecule is C=CC(=O)Nc1cnc2c(c1)c(C=CCc1ccccc1)cn2C. The van der Waals surface area contributed by atoms with E-state index in [1.165, 1.54) is 11.6 Å². The van der Waals surface area contributed by atoms with Gasteiger partial charge in [0.25, 0.3) is 0 Å². The second kappa shape index (κ2) is 6.96. The number of carbonyl (C=O) groups excluding carboxylic acids is 1. The quantitative estimate of drug-likeness (QED) is 0.724.